The molecule has 2 aromatic carbocycles. The van der Waals surface area contributed by atoms with Crippen molar-refractivity contribution in [2.75, 3.05) is 18.4 Å². The summed E-state index contributed by atoms with van der Waals surface area (Å²) in [5.41, 5.74) is 1.24. The van der Waals surface area contributed by atoms with Gasteiger partial charge in [-0.15, -0.1) is 5.10 Å². The van der Waals surface area contributed by atoms with Gasteiger partial charge in [0.15, 0.2) is 0 Å². The van der Waals surface area contributed by atoms with Crippen molar-refractivity contribution in [1.29, 1.82) is 0 Å². The quantitative estimate of drug-likeness (QED) is 0.768. The third-order valence-electron chi connectivity index (χ3n) is 4.88. The van der Waals surface area contributed by atoms with Crippen LogP contribution >= 0.6 is 0 Å². The minimum absolute atomic E-state index is 0.0165. The molecule has 2 heterocycles. The lowest BCUT2D eigenvalue weighted by Gasteiger charge is -2.31. The third kappa shape index (κ3) is 3.88. The van der Waals surface area contributed by atoms with E-state index in [0.717, 1.165) is 25.1 Å². The Morgan fingerprint density at radius 2 is 1.89 bits per heavy atom. The number of carbonyl (C=O) groups excluding carboxylic acids is 1. The van der Waals surface area contributed by atoms with Gasteiger partial charge in [-0.2, -0.15) is 4.68 Å². The van der Waals surface area contributed by atoms with Gasteiger partial charge in [0.1, 0.15) is 5.52 Å². The summed E-state index contributed by atoms with van der Waals surface area (Å²) >= 11 is 0. The Morgan fingerprint density at radius 3 is 2.74 bits per heavy atom. The SMILES string of the molecule is O=C(Nc1ccccc1)[C@H]1CCCN(Cn2nnc3ccccc3c2=O)C1. The molecule has 4 rings (SSSR count). The number of nitrogens with one attached hydrogen (secondary N) is 1. The molecule has 0 spiro atoms. The molecule has 3 aromatic rings. The zero-order chi connectivity index (χ0) is 18.6. The largest absolute Gasteiger partial charge is 0.326 e. The second-order valence-corrected chi connectivity index (χ2v) is 6.82. The third-order valence-corrected chi connectivity index (χ3v) is 4.88. The monoisotopic (exact) mass is 363 g/mol. The second kappa shape index (κ2) is 7.67. The van der Waals surface area contributed by atoms with Crippen LogP contribution in [0.1, 0.15) is 12.8 Å². The molecule has 7 nitrogen and oxygen atoms in total. The molecule has 1 atom stereocenters. The Labute approximate surface area is 156 Å². The molecule has 1 N–H and O–H groups in total. The molecule has 1 amide bonds. The number of hydrogen-bond acceptors (Lipinski definition) is 5. The van der Waals surface area contributed by atoms with E-state index in [2.05, 4.69) is 20.5 Å². The number of nitrogens with zero attached hydrogens (tertiary/aromatic N) is 4. The minimum atomic E-state index is -0.156. The number of likely N-dealkylation sites (tertiary alicyclic amines) is 1. The Bertz CT molecular complexity index is 1000. The first kappa shape index (κ1) is 17.4. The lowest BCUT2D eigenvalue weighted by Crippen LogP contribution is -2.43. The fourth-order valence-electron chi connectivity index (χ4n) is 3.47. The number of rotatable bonds is 4. The van der Waals surface area contributed by atoms with Crippen LogP contribution < -0.4 is 10.9 Å². The molecule has 0 aliphatic carbocycles. The normalized spacial score (nSPS) is 17.7. The zero-order valence-electron chi connectivity index (χ0n) is 14.9. The van der Waals surface area contributed by atoms with Gasteiger partial charge in [0, 0.05) is 12.2 Å². The van der Waals surface area contributed by atoms with Crippen LogP contribution in [0.5, 0.6) is 0 Å². The van der Waals surface area contributed by atoms with E-state index in [1.54, 1.807) is 12.1 Å². The van der Waals surface area contributed by atoms with Crippen molar-refractivity contribution in [3.05, 3.63) is 65.0 Å². The molecular weight excluding hydrogens is 342 g/mol. The average molecular weight is 363 g/mol. The smallest absolute Gasteiger partial charge is 0.278 e. The van der Waals surface area contributed by atoms with Crippen molar-refractivity contribution >= 4 is 22.5 Å². The fraction of sp³-hybridized carbons (Fsp3) is 0.300. The van der Waals surface area contributed by atoms with Crippen LogP contribution in [-0.4, -0.2) is 38.9 Å². The maximum Gasteiger partial charge on any atom is 0.278 e. The first-order valence-corrected chi connectivity index (χ1v) is 9.11. The maximum absolute atomic E-state index is 12.6. The predicted octanol–water partition coefficient (Wildman–Crippen LogP) is 2.10. The molecule has 0 radical (unpaired) electrons. The minimum Gasteiger partial charge on any atom is -0.326 e. The number of amides is 1. The van der Waals surface area contributed by atoms with Crippen LogP contribution in [0.15, 0.2) is 59.4 Å². The Balaban J connectivity index is 1.45. The van der Waals surface area contributed by atoms with E-state index in [-0.39, 0.29) is 17.4 Å². The van der Waals surface area contributed by atoms with Gasteiger partial charge in [-0.25, -0.2) is 0 Å². The highest BCUT2D eigenvalue weighted by molar-refractivity contribution is 5.92. The van der Waals surface area contributed by atoms with E-state index in [4.69, 9.17) is 0 Å². The number of aromatic nitrogens is 3. The summed E-state index contributed by atoms with van der Waals surface area (Å²) in [5, 5.41) is 11.7. The first-order chi connectivity index (χ1) is 13.2. The summed E-state index contributed by atoms with van der Waals surface area (Å²) in [6.45, 7) is 1.77. The molecule has 7 heteroatoms. The van der Waals surface area contributed by atoms with Crippen molar-refractivity contribution in [3.63, 3.8) is 0 Å². The van der Waals surface area contributed by atoms with Crippen LogP contribution in [0.25, 0.3) is 10.9 Å². The van der Waals surface area contributed by atoms with Crippen LogP contribution in [0.2, 0.25) is 0 Å². The van der Waals surface area contributed by atoms with E-state index in [0.29, 0.717) is 24.1 Å². The molecule has 1 aliphatic heterocycles. The lowest BCUT2D eigenvalue weighted by molar-refractivity contribution is -0.121. The average Bonchev–Trinajstić information content (AvgIpc) is 2.71. The zero-order valence-corrected chi connectivity index (χ0v) is 14.9. The number of hydrogen-bond donors (Lipinski definition) is 1. The summed E-state index contributed by atoms with van der Waals surface area (Å²) in [6, 6.07) is 16.7. The molecule has 0 bridgehead atoms. The van der Waals surface area contributed by atoms with Crippen LogP contribution in [-0.2, 0) is 11.5 Å². The van der Waals surface area contributed by atoms with Crippen LogP contribution in [0.4, 0.5) is 5.69 Å². The molecule has 1 fully saturated rings. The molecule has 0 saturated carbocycles. The molecular formula is C20H21N5O2. The summed E-state index contributed by atoms with van der Waals surface area (Å²) < 4.78 is 1.37. The van der Waals surface area contributed by atoms with Gasteiger partial charge in [0.2, 0.25) is 5.91 Å². The first-order valence-electron chi connectivity index (χ1n) is 9.11. The lowest BCUT2D eigenvalue weighted by atomic mass is 9.97. The van der Waals surface area contributed by atoms with Gasteiger partial charge in [0.25, 0.3) is 5.56 Å². The number of para-hydroxylation sites is 1. The molecule has 138 valence electrons. The van der Waals surface area contributed by atoms with E-state index in [9.17, 15) is 9.59 Å². The van der Waals surface area contributed by atoms with Gasteiger partial charge < -0.3 is 5.32 Å². The van der Waals surface area contributed by atoms with Crippen molar-refractivity contribution in [2.24, 2.45) is 5.92 Å². The van der Waals surface area contributed by atoms with Crippen LogP contribution in [0, 0.1) is 5.92 Å². The number of fused-ring (bicyclic) bond motifs is 1. The highest BCUT2D eigenvalue weighted by Crippen LogP contribution is 2.19. The summed E-state index contributed by atoms with van der Waals surface area (Å²) in [5.74, 6) is -0.0917. The maximum atomic E-state index is 12.6. The topological polar surface area (TPSA) is 80.1 Å². The van der Waals surface area contributed by atoms with Gasteiger partial charge in [0.05, 0.1) is 18.0 Å². The van der Waals surface area contributed by atoms with E-state index in [1.165, 1.54) is 4.68 Å². The van der Waals surface area contributed by atoms with Gasteiger partial charge in [-0.1, -0.05) is 35.5 Å². The van der Waals surface area contributed by atoms with Crippen molar-refractivity contribution in [1.82, 2.24) is 19.9 Å². The number of carbonyl (C=O) groups is 1. The van der Waals surface area contributed by atoms with E-state index >= 15 is 0 Å². The predicted molar refractivity (Wildman–Crippen MR) is 103 cm³/mol. The Morgan fingerprint density at radius 1 is 1.11 bits per heavy atom. The van der Waals surface area contributed by atoms with Crippen molar-refractivity contribution in [2.45, 2.75) is 19.5 Å². The molecule has 1 aromatic heterocycles. The van der Waals surface area contributed by atoms with Gasteiger partial charge in [-0.3, -0.25) is 14.5 Å². The summed E-state index contributed by atoms with van der Waals surface area (Å²) in [6.07, 6.45) is 1.75. The van der Waals surface area contributed by atoms with Gasteiger partial charge in [-0.05, 0) is 43.7 Å². The van der Waals surface area contributed by atoms with Crippen molar-refractivity contribution in [3.8, 4) is 0 Å². The second-order valence-electron chi connectivity index (χ2n) is 6.82. The number of anilines is 1. The van der Waals surface area contributed by atoms with Gasteiger partial charge >= 0.3 is 0 Å². The number of benzene rings is 2. The van der Waals surface area contributed by atoms with Crippen molar-refractivity contribution < 1.29 is 4.79 Å². The summed E-state index contributed by atoms with van der Waals surface area (Å²) in [7, 11) is 0. The highest BCUT2D eigenvalue weighted by atomic mass is 16.2. The standard InChI is InChI=1S/C20H21N5O2/c26-19(21-16-8-2-1-3-9-16)15-7-6-12-24(13-15)14-25-20(27)17-10-4-5-11-18(17)22-23-25/h1-5,8-11,15H,6-7,12-14H2,(H,21,26)/t15-/m0/s1. The molecule has 1 saturated heterocycles. The van der Waals surface area contributed by atoms with E-state index < -0.39 is 0 Å². The molecule has 1 aliphatic rings. The van der Waals surface area contributed by atoms with E-state index in [1.807, 2.05) is 42.5 Å². The highest BCUT2D eigenvalue weighted by Gasteiger charge is 2.26. The Kier molecular flexibility index (Phi) is 4.93. The molecule has 27 heavy (non-hydrogen) atoms. The number of piperidine rings is 1. The fourth-order valence-corrected chi connectivity index (χ4v) is 3.47. The Hall–Kier alpha value is -3.06. The molecule has 0 unspecified atom stereocenters. The van der Waals surface area contributed by atoms with Crippen LogP contribution in [0.3, 0.4) is 0 Å². The summed E-state index contributed by atoms with van der Waals surface area (Å²) in [4.78, 5) is 27.3.